The monoisotopic (exact) mass is 215 g/mol. The Morgan fingerprint density at radius 2 is 2.12 bits per heavy atom. The summed E-state index contributed by atoms with van der Waals surface area (Å²) in [6.45, 7) is 4.26. The summed E-state index contributed by atoms with van der Waals surface area (Å²) < 4.78 is 0. The van der Waals surface area contributed by atoms with E-state index < -0.39 is 0 Å². The smallest absolute Gasteiger partial charge is 0.00866 e. The van der Waals surface area contributed by atoms with Crippen LogP contribution in [0.5, 0.6) is 0 Å². The molecule has 1 rings (SSSR count). The van der Waals surface area contributed by atoms with Crippen molar-refractivity contribution in [3.63, 3.8) is 0 Å². The van der Waals surface area contributed by atoms with Crippen LogP contribution in [-0.2, 0) is 6.42 Å². The normalized spacial score (nSPS) is 12.1. The highest BCUT2D eigenvalue weighted by atomic mass is 14.6. The molecule has 0 saturated carbocycles. The highest BCUT2D eigenvalue weighted by Gasteiger charge is 2.06. The molecule has 0 fully saturated rings. The summed E-state index contributed by atoms with van der Waals surface area (Å²) in [4.78, 5) is 0. The molecule has 0 aliphatic carbocycles. The second kappa shape index (κ2) is 6.35. The number of terminal acetylenes is 1. The zero-order valence-corrected chi connectivity index (χ0v) is 10.3. The minimum absolute atomic E-state index is 0.230. The van der Waals surface area contributed by atoms with Crippen molar-refractivity contribution in [2.75, 3.05) is 0 Å². The van der Waals surface area contributed by atoms with Gasteiger partial charge in [0, 0.05) is 12.5 Å². The van der Waals surface area contributed by atoms with Crippen LogP contribution < -0.4 is 5.73 Å². The Morgan fingerprint density at radius 1 is 1.38 bits per heavy atom. The van der Waals surface area contributed by atoms with E-state index in [1.165, 1.54) is 16.7 Å². The number of hydrogen-bond acceptors (Lipinski definition) is 1. The van der Waals surface area contributed by atoms with Crippen molar-refractivity contribution in [1.29, 1.82) is 0 Å². The molecule has 0 heterocycles. The first-order chi connectivity index (χ1) is 7.63. The molecule has 0 bridgehead atoms. The molecular formula is C15H21N. The number of nitrogens with two attached hydrogens (primary N) is 1. The van der Waals surface area contributed by atoms with Gasteiger partial charge < -0.3 is 5.73 Å². The summed E-state index contributed by atoms with van der Waals surface area (Å²) >= 11 is 0. The van der Waals surface area contributed by atoms with Crippen molar-refractivity contribution in [1.82, 2.24) is 0 Å². The van der Waals surface area contributed by atoms with Crippen LogP contribution in [0.25, 0.3) is 0 Å². The summed E-state index contributed by atoms with van der Waals surface area (Å²) in [6.07, 6.45) is 9.05. The van der Waals surface area contributed by atoms with Gasteiger partial charge in [0.1, 0.15) is 0 Å². The second-order valence-electron chi connectivity index (χ2n) is 4.49. The first-order valence-corrected chi connectivity index (χ1v) is 5.88. The van der Waals surface area contributed by atoms with Gasteiger partial charge in [-0.2, -0.15) is 0 Å². The number of unbranched alkanes of at least 4 members (excludes halogenated alkanes) is 1. The van der Waals surface area contributed by atoms with Gasteiger partial charge in [0.25, 0.3) is 0 Å². The molecule has 1 nitrogen and oxygen atoms in total. The van der Waals surface area contributed by atoms with Crippen molar-refractivity contribution in [3.8, 4) is 12.3 Å². The average molecular weight is 215 g/mol. The fourth-order valence-electron chi connectivity index (χ4n) is 1.87. The van der Waals surface area contributed by atoms with Crippen molar-refractivity contribution in [2.24, 2.45) is 5.73 Å². The minimum atomic E-state index is 0.230. The van der Waals surface area contributed by atoms with Gasteiger partial charge >= 0.3 is 0 Å². The topological polar surface area (TPSA) is 26.0 Å². The van der Waals surface area contributed by atoms with Crippen LogP contribution >= 0.6 is 0 Å². The number of benzene rings is 1. The Balaban J connectivity index is 2.52. The van der Waals surface area contributed by atoms with Gasteiger partial charge in [0.05, 0.1) is 0 Å². The van der Waals surface area contributed by atoms with Crippen LogP contribution in [-0.4, -0.2) is 6.04 Å². The molecule has 0 amide bonds. The van der Waals surface area contributed by atoms with Crippen LogP contribution in [0, 0.1) is 26.2 Å². The highest BCUT2D eigenvalue weighted by molar-refractivity contribution is 5.31. The van der Waals surface area contributed by atoms with E-state index in [1.54, 1.807) is 0 Å². The predicted octanol–water partition coefficient (Wildman–Crippen LogP) is 2.98. The van der Waals surface area contributed by atoms with E-state index in [0.29, 0.717) is 0 Å². The molecule has 16 heavy (non-hydrogen) atoms. The molecule has 86 valence electrons. The van der Waals surface area contributed by atoms with Gasteiger partial charge in [-0.25, -0.2) is 0 Å². The van der Waals surface area contributed by atoms with E-state index in [0.717, 1.165) is 25.7 Å². The van der Waals surface area contributed by atoms with Gasteiger partial charge in [-0.15, -0.1) is 12.3 Å². The molecule has 1 heteroatoms. The minimum Gasteiger partial charge on any atom is -0.327 e. The van der Waals surface area contributed by atoms with E-state index in [2.05, 4.69) is 38.0 Å². The third-order valence-electron chi connectivity index (χ3n) is 2.88. The summed E-state index contributed by atoms with van der Waals surface area (Å²) in [7, 11) is 0. The van der Waals surface area contributed by atoms with E-state index in [9.17, 15) is 0 Å². The van der Waals surface area contributed by atoms with Crippen LogP contribution in [0.15, 0.2) is 18.2 Å². The van der Waals surface area contributed by atoms with E-state index in [-0.39, 0.29) is 6.04 Å². The Kier molecular flexibility index (Phi) is 5.08. The molecule has 1 unspecified atom stereocenters. The molecule has 2 N–H and O–H groups in total. The van der Waals surface area contributed by atoms with Gasteiger partial charge in [0.2, 0.25) is 0 Å². The fourth-order valence-corrected chi connectivity index (χ4v) is 1.87. The zero-order chi connectivity index (χ0) is 12.0. The lowest BCUT2D eigenvalue weighted by molar-refractivity contribution is 0.586. The maximum Gasteiger partial charge on any atom is 0.00866 e. The fraction of sp³-hybridized carbons (Fsp3) is 0.467. The Morgan fingerprint density at radius 3 is 2.81 bits per heavy atom. The zero-order valence-electron chi connectivity index (χ0n) is 10.3. The van der Waals surface area contributed by atoms with Crippen LogP contribution in [0.3, 0.4) is 0 Å². The molecule has 0 spiro atoms. The number of rotatable bonds is 5. The quantitative estimate of drug-likeness (QED) is 0.593. The summed E-state index contributed by atoms with van der Waals surface area (Å²) in [6, 6.07) is 6.77. The maximum absolute atomic E-state index is 6.10. The van der Waals surface area contributed by atoms with Crippen molar-refractivity contribution >= 4 is 0 Å². The highest BCUT2D eigenvalue weighted by Crippen LogP contribution is 2.14. The largest absolute Gasteiger partial charge is 0.327 e. The Bertz CT molecular complexity index is 374. The Hall–Kier alpha value is -1.26. The average Bonchev–Trinajstić information content (AvgIpc) is 2.24. The van der Waals surface area contributed by atoms with Gasteiger partial charge in [0.15, 0.2) is 0 Å². The van der Waals surface area contributed by atoms with Crippen LogP contribution in [0.2, 0.25) is 0 Å². The first-order valence-electron chi connectivity index (χ1n) is 5.88. The second-order valence-corrected chi connectivity index (χ2v) is 4.49. The summed E-state index contributed by atoms with van der Waals surface area (Å²) in [5, 5.41) is 0. The SMILES string of the molecule is C#CCCCC(N)Cc1cc(C)ccc1C. The lowest BCUT2D eigenvalue weighted by Gasteiger charge is -2.13. The Labute approximate surface area is 99.1 Å². The third-order valence-corrected chi connectivity index (χ3v) is 2.88. The molecule has 1 aromatic rings. The third kappa shape index (κ3) is 4.08. The van der Waals surface area contributed by atoms with Gasteiger partial charge in [-0.1, -0.05) is 23.8 Å². The molecule has 0 radical (unpaired) electrons. The number of hydrogen-bond donors (Lipinski definition) is 1. The summed E-state index contributed by atoms with van der Waals surface area (Å²) in [5.74, 6) is 2.65. The van der Waals surface area contributed by atoms with E-state index >= 15 is 0 Å². The van der Waals surface area contributed by atoms with Crippen LogP contribution in [0.4, 0.5) is 0 Å². The maximum atomic E-state index is 6.10. The molecule has 1 aromatic carbocycles. The van der Waals surface area contributed by atoms with Gasteiger partial charge in [-0.3, -0.25) is 0 Å². The predicted molar refractivity (Wildman–Crippen MR) is 70.3 cm³/mol. The van der Waals surface area contributed by atoms with E-state index in [1.807, 2.05) is 0 Å². The van der Waals surface area contributed by atoms with Crippen molar-refractivity contribution < 1.29 is 0 Å². The molecular weight excluding hydrogens is 194 g/mol. The lowest BCUT2D eigenvalue weighted by atomic mass is 9.97. The van der Waals surface area contributed by atoms with E-state index in [4.69, 9.17) is 12.2 Å². The molecule has 1 atom stereocenters. The summed E-state index contributed by atoms with van der Waals surface area (Å²) in [5.41, 5.74) is 10.1. The number of aryl methyl sites for hydroxylation is 2. The molecule has 0 aromatic heterocycles. The van der Waals surface area contributed by atoms with Crippen molar-refractivity contribution in [3.05, 3.63) is 34.9 Å². The lowest BCUT2D eigenvalue weighted by Crippen LogP contribution is -2.23. The molecule has 0 aliphatic heterocycles. The standard InChI is InChI=1S/C15H21N/c1-4-5-6-7-15(16)11-14-10-12(2)8-9-13(14)3/h1,8-10,15H,5-7,11,16H2,2-3H3. The first kappa shape index (κ1) is 12.8. The van der Waals surface area contributed by atoms with Gasteiger partial charge in [-0.05, 0) is 44.2 Å². The molecule has 0 saturated heterocycles. The van der Waals surface area contributed by atoms with Crippen molar-refractivity contribution in [2.45, 2.75) is 45.6 Å². The molecule has 0 aliphatic rings. The van der Waals surface area contributed by atoms with Crippen LogP contribution in [0.1, 0.15) is 36.0 Å².